The number of carbonyl (C=O) groups excluding carboxylic acids is 4. The zero-order valence-corrected chi connectivity index (χ0v) is 20.5. The smallest absolute Gasteiger partial charge is 0.316 e. The molecule has 0 N–H and O–H groups in total. The van der Waals surface area contributed by atoms with Gasteiger partial charge >= 0.3 is 5.97 Å². The van der Waals surface area contributed by atoms with E-state index in [0.717, 1.165) is 19.3 Å². The summed E-state index contributed by atoms with van der Waals surface area (Å²) < 4.78 is 5.58. The first-order chi connectivity index (χ1) is 16.7. The van der Waals surface area contributed by atoms with Crippen molar-refractivity contribution in [3.05, 3.63) is 53.1 Å². The molecule has 2 aromatic rings. The first-order valence-corrected chi connectivity index (χ1v) is 12.4. The molecule has 2 saturated heterocycles. The Hall–Kier alpha value is -3.19. The summed E-state index contributed by atoms with van der Waals surface area (Å²) in [5.41, 5.74) is 1.85. The lowest BCUT2D eigenvalue weighted by molar-refractivity contribution is -0.139. The number of esters is 1. The van der Waals surface area contributed by atoms with Crippen molar-refractivity contribution in [1.29, 1.82) is 0 Å². The summed E-state index contributed by atoms with van der Waals surface area (Å²) in [7, 11) is 0. The van der Waals surface area contributed by atoms with Gasteiger partial charge in [-0.05, 0) is 74.1 Å². The predicted molar refractivity (Wildman–Crippen MR) is 131 cm³/mol. The molecule has 2 aromatic carbocycles. The highest BCUT2D eigenvalue weighted by Crippen LogP contribution is 2.43. The minimum atomic E-state index is -0.603. The Morgan fingerprint density at radius 2 is 1.80 bits per heavy atom. The number of halogens is 1. The summed E-state index contributed by atoms with van der Waals surface area (Å²) >= 11 is 6.04. The molecular formula is C27H27ClN2O5. The van der Waals surface area contributed by atoms with Gasteiger partial charge in [0.1, 0.15) is 5.75 Å². The van der Waals surface area contributed by atoms with Crippen LogP contribution in [-0.2, 0) is 19.2 Å². The van der Waals surface area contributed by atoms with Gasteiger partial charge in [-0.3, -0.25) is 19.2 Å². The van der Waals surface area contributed by atoms with E-state index in [4.69, 9.17) is 16.3 Å². The van der Waals surface area contributed by atoms with Gasteiger partial charge in [-0.1, -0.05) is 24.6 Å². The Balaban J connectivity index is 1.28. The zero-order chi connectivity index (χ0) is 24.9. The van der Waals surface area contributed by atoms with Gasteiger partial charge in [0.2, 0.25) is 17.7 Å². The van der Waals surface area contributed by atoms with Gasteiger partial charge in [0.15, 0.2) is 0 Å². The van der Waals surface area contributed by atoms with E-state index in [1.807, 2.05) is 0 Å². The molecule has 35 heavy (non-hydrogen) atoms. The summed E-state index contributed by atoms with van der Waals surface area (Å²) in [5, 5.41) is 0.514. The number of amides is 3. The third-order valence-corrected chi connectivity index (χ3v) is 7.63. The molecule has 3 fully saturated rings. The van der Waals surface area contributed by atoms with Crippen molar-refractivity contribution in [1.82, 2.24) is 0 Å². The van der Waals surface area contributed by atoms with Crippen LogP contribution in [0.3, 0.4) is 0 Å². The summed E-state index contributed by atoms with van der Waals surface area (Å²) in [4.78, 5) is 54.2. The quantitative estimate of drug-likeness (QED) is 0.354. The highest BCUT2D eigenvalue weighted by Gasteiger charge is 2.50. The lowest BCUT2D eigenvalue weighted by Gasteiger charge is -2.25. The first-order valence-electron chi connectivity index (χ1n) is 12.0. The Labute approximate surface area is 209 Å². The van der Waals surface area contributed by atoms with Gasteiger partial charge in [-0.2, -0.15) is 0 Å². The second kappa shape index (κ2) is 9.11. The molecule has 3 aliphatic rings. The van der Waals surface area contributed by atoms with Crippen molar-refractivity contribution in [2.45, 2.75) is 39.5 Å². The third kappa shape index (κ3) is 4.33. The van der Waals surface area contributed by atoms with Crippen LogP contribution in [0, 0.1) is 30.6 Å². The molecule has 0 aromatic heterocycles. The Bertz CT molecular complexity index is 1230. The van der Waals surface area contributed by atoms with E-state index in [1.54, 1.807) is 49.4 Å². The van der Waals surface area contributed by atoms with Crippen LogP contribution in [-0.4, -0.2) is 30.2 Å². The molecule has 0 bridgehead atoms. The number of nitrogens with zero attached hydrogens (tertiary/aromatic N) is 2. The molecule has 1 aliphatic carbocycles. The molecule has 0 spiro atoms. The minimum Gasteiger partial charge on any atom is -0.426 e. The van der Waals surface area contributed by atoms with Crippen molar-refractivity contribution >= 4 is 46.7 Å². The molecule has 1 saturated carbocycles. The van der Waals surface area contributed by atoms with Crippen LogP contribution in [0.1, 0.15) is 38.2 Å². The number of ether oxygens (including phenoxy) is 1. The SMILES string of the molecule is Cc1cc(OC(=O)[C@@H]2CC(=O)N(c3cccc(Cl)c3)C2)ccc1N1C(=O)[C@H]2C[C@@H](C)CC[C@H]2C1=O. The second-order valence-electron chi connectivity index (χ2n) is 9.90. The first kappa shape index (κ1) is 23.5. The number of anilines is 2. The zero-order valence-electron chi connectivity index (χ0n) is 19.7. The largest absolute Gasteiger partial charge is 0.426 e. The maximum atomic E-state index is 13.1. The lowest BCUT2D eigenvalue weighted by atomic mass is 9.76. The van der Waals surface area contributed by atoms with Crippen molar-refractivity contribution in [2.24, 2.45) is 23.7 Å². The Morgan fingerprint density at radius 1 is 1.03 bits per heavy atom. The van der Waals surface area contributed by atoms with Crippen LogP contribution in [0.5, 0.6) is 5.75 Å². The van der Waals surface area contributed by atoms with E-state index in [0.29, 0.717) is 33.6 Å². The van der Waals surface area contributed by atoms with E-state index in [2.05, 4.69) is 6.92 Å². The minimum absolute atomic E-state index is 0.0559. The number of imide groups is 1. The summed E-state index contributed by atoms with van der Waals surface area (Å²) in [6, 6.07) is 11.9. The van der Waals surface area contributed by atoms with Crippen molar-refractivity contribution in [3.8, 4) is 5.75 Å². The summed E-state index contributed by atoms with van der Waals surface area (Å²) in [6.07, 6.45) is 2.50. The normalized spacial score (nSPS) is 26.3. The van der Waals surface area contributed by atoms with E-state index < -0.39 is 11.9 Å². The van der Waals surface area contributed by atoms with E-state index in [9.17, 15) is 19.2 Å². The molecule has 182 valence electrons. The fourth-order valence-corrected chi connectivity index (χ4v) is 5.71. The van der Waals surface area contributed by atoms with E-state index in [1.165, 1.54) is 9.80 Å². The summed E-state index contributed by atoms with van der Waals surface area (Å²) in [6.45, 7) is 4.13. The highest BCUT2D eigenvalue weighted by atomic mass is 35.5. The highest BCUT2D eigenvalue weighted by molar-refractivity contribution is 6.31. The summed E-state index contributed by atoms with van der Waals surface area (Å²) in [5.74, 6) is -1.26. The van der Waals surface area contributed by atoms with Crippen LogP contribution >= 0.6 is 11.6 Å². The average molecular weight is 495 g/mol. The number of hydrogen-bond acceptors (Lipinski definition) is 5. The predicted octanol–water partition coefficient (Wildman–Crippen LogP) is 4.53. The molecule has 0 radical (unpaired) electrons. The molecule has 4 atom stereocenters. The number of fused-ring (bicyclic) bond motifs is 1. The number of rotatable bonds is 4. The molecule has 2 heterocycles. The molecule has 0 unspecified atom stereocenters. The average Bonchev–Trinajstić information content (AvgIpc) is 3.32. The number of benzene rings is 2. The van der Waals surface area contributed by atoms with Gasteiger partial charge in [0.25, 0.3) is 0 Å². The van der Waals surface area contributed by atoms with Crippen molar-refractivity contribution < 1.29 is 23.9 Å². The van der Waals surface area contributed by atoms with Gasteiger partial charge in [0.05, 0.1) is 23.4 Å². The number of carbonyl (C=O) groups is 4. The fourth-order valence-electron chi connectivity index (χ4n) is 5.53. The van der Waals surface area contributed by atoms with Crippen LogP contribution < -0.4 is 14.5 Å². The second-order valence-corrected chi connectivity index (χ2v) is 10.3. The van der Waals surface area contributed by atoms with Crippen LogP contribution in [0.15, 0.2) is 42.5 Å². The van der Waals surface area contributed by atoms with Crippen LogP contribution in [0.4, 0.5) is 11.4 Å². The standard InChI is InChI=1S/C27H27ClN2O5/c1-15-6-8-21-22(10-15)26(33)30(25(21)32)23-9-7-20(11-16(23)2)35-27(34)17-12-24(31)29(14-17)19-5-3-4-18(28)13-19/h3-5,7,9,11,13,15,17,21-22H,6,8,10,12,14H2,1-2H3/t15-,17+,21+,22-/m0/s1. The monoisotopic (exact) mass is 494 g/mol. The maximum Gasteiger partial charge on any atom is 0.316 e. The Morgan fingerprint density at radius 3 is 2.54 bits per heavy atom. The van der Waals surface area contributed by atoms with Crippen molar-refractivity contribution in [2.75, 3.05) is 16.3 Å². The van der Waals surface area contributed by atoms with Gasteiger partial charge in [-0.25, -0.2) is 4.90 Å². The molecule has 3 amide bonds. The molecule has 5 rings (SSSR count). The van der Waals surface area contributed by atoms with Gasteiger partial charge < -0.3 is 9.64 Å². The van der Waals surface area contributed by atoms with Gasteiger partial charge in [0, 0.05) is 23.7 Å². The molecule has 7 nitrogen and oxygen atoms in total. The fraction of sp³-hybridized carbons (Fsp3) is 0.407. The Kier molecular flexibility index (Phi) is 6.13. The number of hydrogen-bond donors (Lipinski definition) is 0. The van der Waals surface area contributed by atoms with E-state index in [-0.39, 0.29) is 42.5 Å². The third-order valence-electron chi connectivity index (χ3n) is 7.39. The molecule has 8 heteroatoms. The number of aryl methyl sites for hydroxylation is 1. The van der Waals surface area contributed by atoms with Crippen molar-refractivity contribution in [3.63, 3.8) is 0 Å². The van der Waals surface area contributed by atoms with E-state index >= 15 is 0 Å². The lowest BCUT2D eigenvalue weighted by Crippen LogP contribution is -2.31. The van der Waals surface area contributed by atoms with Crippen LogP contribution in [0.2, 0.25) is 5.02 Å². The van der Waals surface area contributed by atoms with Crippen LogP contribution in [0.25, 0.3) is 0 Å². The van der Waals surface area contributed by atoms with Gasteiger partial charge in [-0.15, -0.1) is 0 Å². The molecule has 2 aliphatic heterocycles. The maximum absolute atomic E-state index is 13.1. The molecular weight excluding hydrogens is 468 g/mol. The topological polar surface area (TPSA) is 84.0 Å².